The van der Waals surface area contributed by atoms with Crippen LogP contribution < -0.4 is 0 Å². The SMILES string of the molecule is CCCCCCN1CC(CC)C(Cc2cccc(-c3cn[nH]n3)c2)C1. The van der Waals surface area contributed by atoms with Crippen LogP contribution in [0.15, 0.2) is 30.5 Å². The van der Waals surface area contributed by atoms with Crippen LogP contribution in [0.3, 0.4) is 0 Å². The molecule has 4 nitrogen and oxygen atoms in total. The molecule has 1 aliphatic heterocycles. The molecule has 1 N–H and O–H groups in total. The molecule has 1 aliphatic rings. The Balaban J connectivity index is 1.59. The van der Waals surface area contributed by atoms with Crippen molar-refractivity contribution in [2.75, 3.05) is 19.6 Å². The van der Waals surface area contributed by atoms with Gasteiger partial charge < -0.3 is 4.90 Å². The number of rotatable bonds is 9. The Morgan fingerprint density at radius 1 is 1.12 bits per heavy atom. The zero-order valence-corrected chi connectivity index (χ0v) is 15.7. The molecule has 0 aliphatic carbocycles. The van der Waals surface area contributed by atoms with Crippen molar-refractivity contribution in [2.45, 2.75) is 52.4 Å². The quantitative estimate of drug-likeness (QED) is 0.681. The van der Waals surface area contributed by atoms with Gasteiger partial charge in [-0.25, -0.2) is 0 Å². The molecule has 0 spiro atoms. The third kappa shape index (κ3) is 4.91. The van der Waals surface area contributed by atoms with Crippen molar-refractivity contribution in [2.24, 2.45) is 11.8 Å². The molecule has 2 aromatic rings. The molecular weight excluding hydrogens is 308 g/mol. The molecule has 4 heteroatoms. The number of nitrogens with zero attached hydrogens (tertiary/aromatic N) is 3. The molecule has 3 rings (SSSR count). The monoisotopic (exact) mass is 340 g/mol. The molecule has 1 aromatic carbocycles. The Bertz CT molecular complexity index is 623. The van der Waals surface area contributed by atoms with Crippen LogP contribution in [-0.2, 0) is 6.42 Å². The minimum absolute atomic E-state index is 0.781. The first-order chi connectivity index (χ1) is 12.3. The third-order valence-electron chi connectivity index (χ3n) is 5.64. The number of benzene rings is 1. The van der Waals surface area contributed by atoms with Crippen LogP contribution in [-0.4, -0.2) is 39.9 Å². The minimum atomic E-state index is 0.781. The van der Waals surface area contributed by atoms with Gasteiger partial charge in [0.1, 0.15) is 5.69 Å². The maximum Gasteiger partial charge on any atom is 0.112 e. The van der Waals surface area contributed by atoms with Crippen LogP contribution in [0.1, 0.15) is 51.5 Å². The Morgan fingerprint density at radius 2 is 2.00 bits per heavy atom. The van der Waals surface area contributed by atoms with Gasteiger partial charge in [0.15, 0.2) is 0 Å². The Morgan fingerprint density at radius 3 is 2.76 bits per heavy atom. The van der Waals surface area contributed by atoms with Gasteiger partial charge in [0.05, 0.1) is 6.20 Å². The minimum Gasteiger partial charge on any atom is -0.303 e. The van der Waals surface area contributed by atoms with E-state index >= 15 is 0 Å². The average molecular weight is 341 g/mol. The van der Waals surface area contributed by atoms with E-state index in [4.69, 9.17) is 0 Å². The van der Waals surface area contributed by atoms with Gasteiger partial charge in [0, 0.05) is 18.7 Å². The second kappa shape index (κ2) is 9.14. The number of likely N-dealkylation sites (tertiary alicyclic amines) is 1. The first kappa shape index (κ1) is 18.1. The first-order valence-corrected chi connectivity index (χ1v) is 9.97. The number of hydrogen-bond donors (Lipinski definition) is 1. The predicted molar refractivity (Wildman–Crippen MR) is 103 cm³/mol. The highest BCUT2D eigenvalue weighted by atomic mass is 15.3. The number of hydrogen-bond acceptors (Lipinski definition) is 3. The standard InChI is InChI=1S/C21H32N4/c1-3-5-6-7-11-25-15-18(4-2)20(16-25)13-17-9-8-10-19(12-17)21-14-22-24-23-21/h8-10,12,14,18,20H,3-7,11,13,15-16H2,1-2H3,(H,22,23,24). The number of aromatic nitrogens is 3. The molecule has 0 radical (unpaired) electrons. The van der Waals surface area contributed by atoms with E-state index in [-0.39, 0.29) is 0 Å². The Labute approximate surface area is 152 Å². The van der Waals surface area contributed by atoms with Crippen molar-refractivity contribution in [3.63, 3.8) is 0 Å². The summed E-state index contributed by atoms with van der Waals surface area (Å²) in [7, 11) is 0. The largest absolute Gasteiger partial charge is 0.303 e. The summed E-state index contributed by atoms with van der Waals surface area (Å²) in [6.07, 6.45) is 9.70. The highest BCUT2D eigenvalue weighted by Gasteiger charge is 2.31. The van der Waals surface area contributed by atoms with Gasteiger partial charge in [-0.1, -0.05) is 57.7 Å². The molecule has 0 amide bonds. The summed E-state index contributed by atoms with van der Waals surface area (Å²) >= 11 is 0. The lowest BCUT2D eigenvalue weighted by molar-refractivity contribution is 0.311. The molecule has 136 valence electrons. The van der Waals surface area contributed by atoms with Crippen LogP contribution in [0, 0.1) is 11.8 Å². The average Bonchev–Trinajstić information content (AvgIpc) is 3.29. The second-order valence-electron chi connectivity index (χ2n) is 7.51. The van der Waals surface area contributed by atoms with Gasteiger partial charge in [0.2, 0.25) is 0 Å². The van der Waals surface area contributed by atoms with Crippen molar-refractivity contribution in [3.8, 4) is 11.3 Å². The number of unbranched alkanes of at least 4 members (excludes halogenated alkanes) is 3. The van der Waals surface area contributed by atoms with Crippen molar-refractivity contribution in [3.05, 3.63) is 36.0 Å². The smallest absolute Gasteiger partial charge is 0.112 e. The van der Waals surface area contributed by atoms with E-state index in [2.05, 4.69) is 58.4 Å². The number of H-pyrrole nitrogens is 1. The molecule has 2 atom stereocenters. The van der Waals surface area contributed by atoms with Crippen LogP contribution in [0.4, 0.5) is 0 Å². The maximum absolute atomic E-state index is 4.21. The lowest BCUT2D eigenvalue weighted by Crippen LogP contribution is -2.22. The maximum atomic E-state index is 4.21. The fourth-order valence-electron chi connectivity index (χ4n) is 4.18. The molecule has 1 aromatic heterocycles. The Hall–Kier alpha value is -1.68. The summed E-state index contributed by atoms with van der Waals surface area (Å²) in [6, 6.07) is 8.82. The predicted octanol–water partition coefficient (Wildman–Crippen LogP) is 4.55. The second-order valence-corrected chi connectivity index (χ2v) is 7.51. The summed E-state index contributed by atoms with van der Waals surface area (Å²) in [5, 5.41) is 10.8. The normalized spacial score (nSPS) is 21.0. The Kier molecular flexibility index (Phi) is 6.62. The summed E-state index contributed by atoms with van der Waals surface area (Å²) in [6.45, 7) is 8.47. The fraction of sp³-hybridized carbons (Fsp3) is 0.619. The molecule has 0 bridgehead atoms. The first-order valence-electron chi connectivity index (χ1n) is 9.97. The van der Waals surface area contributed by atoms with Gasteiger partial charge >= 0.3 is 0 Å². The molecule has 1 saturated heterocycles. The number of aromatic amines is 1. The summed E-state index contributed by atoms with van der Waals surface area (Å²) in [4.78, 5) is 2.70. The van der Waals surface area contributed by atoms with Gasteiger partial charge in [-0.2, -0.15) is 15.4 Å². The summed E-state index contributed by atoms with van der Waals surface area (Å²) in [5.41, 5.74) is 3.52. The van der Waals surface area contributed by atoms with E-state index in [0.29, 0.717) is 0 Å². The lowest BCUT2D eigenvalue weighted by Gasteiger charge is -2.17. The molecule has 2 heterocycles. The summed E-state index contributed by atoms with van der Waals surface area (Å²) in [5.74, 6) is 1.62. The van der Waals surface area contributed by atoms with Crippen molar-refractivity contribution in [1.82, 2.24) is 20.3 Å². The zero-order valence-electron chi connectivity index (χ0n) is 15.7. The van der Waals surface area contributed by atoms with Crippen molar-refractivity contribution in [1.29, 1.82) is 0 Å². The third-order valence-corrected chi connectivity index (χ3v) is 5.64. The molecule has 25 heavy (non-hydrogen) atoms. The van der Waals surface area contributed by atoms with Crippen LogP contribution >= 0.6 is 0 Å². The van der Waals surface area contributed by atoms with E-state index in [9.17, 15) is 0 Å². The summed E-state index contributed by atoms with van der Waals surface area (Å²) < 4.78 is 0. The highest BCUT2D eigenvalue weighted by Crippen LogP contribution is 2.30. The number of nitrogens with one attached hydrogen (secondary N) is 1. The van der Waals surface area contributed by atoms with Crippen LogP contribution in [0.25, 0.3) is 11.3 Å². The van der Waals surface area contributed by atoms with Crippen molar-refractivity contribution >= 4 is 0 Å². The van der Waals surface area contributed by atoms with E-state index in [1.807, 2.05) is 0 Å². The van der Waals surface area contributed by atoms with Gasteiger partial charge in [-0.15, -0.1) is 0 Å². The van der Waals surface area contributed by atoms with E-state index in [1.54, 1.807) is 6.20 Å². The highest BCUT2D eigenvalue weighted by molar-refractivity contribution is 5.58. The van der Waals surface area contributed by atoms with E-state index in [1.165, 1.54) is 63.7 Å². The molecule has 2 unspecified atom stereocenters. The van der Waals surface area contributed by atoms with Crippen molar-refractivity contribution < 1.29 is 0 Å². The van der Waals surface area contributed by atoms with Gasteiger partial charge in [-0.05, 0) is 42.9 Å². The zero-order chi connectivity index (χ0) is 17.5. The van der Waals surface area contributed by atoms with Gasteiger partial charge in [0.25, 0.3) is 0 Å². The van der Waals surface area contributed by atoms with Crippen LogP contribution in [0.2, 0.25) is 0 Å². The van der Waals surface area contributed by atoms with E-state index < -0.39 is 0 Å². The molecule has 1 fully saturated rings. The van der Waals surface area contributed by atoms with Crippen LogP contribution in [0.5, 0.6) is 0 Å². The molecular formula is C21H32N4. The van der Waals surface area contributed by atoms with Gasteiger partial charge in [-0.3, -0.25) is 0 Å². The molecule has 0 saturated carbocycles. The topological polar surface area (TPSA) is 44.8 Å². The lowest BCUT2D eigenvalue weighted by atomic mass is 9.87. The fourth-order valence-corrected chi connectivity index (χ4v) is 4.18. The van der Waals surface area contributed by atoms with E-state index in [0.717, 1.165) is 23.1 Å².